The van der Waals surface area contributed by atoms with Crippen molar-refractivity contribution in [1.82, 2.24) is 19.8 Å². The van der Waals surface area contributed by atoms with Crippen LogP contribution in [-0.2, 0) is 16.1 Å². The number of amides is 1. The zero-order chi connectivity index (χ0) is 20.2. The summed E-state index contributed by atoms with van der Waals surface area (Å²) in [6.07, 6.45) is 3.61. The molecule has 8 heteroatoms. The zero-order valence-corrected chi connectivity index (χ0v) is 16.6. The van der Waals surface area contributed by atoms with Crippen molar-refractivity contribution in [2.75, 3.05) is 32.8 Å². The first kappa shape index (κ1) is 19.8. The molecule has 2 fully saturated rings. The summed E-state index contributed by atoms with van der Waals surface area (Å²) in [5.74, 6) is 1.28. The van der Waals surface area contributed by atoms with Gasteiger partial charge in [0.25, 0.3) is 0 Å². The highest BCUT2D eigenvalue weighted by Gasteiger charge is 2.33. The Hall–Kier alpha value is -2.45. The number of likely N-dealkylation sites (tertiary alicyclic amines) is 1. The van der Waals surface area contributed by atoms with Gasteiger partial charge < -0.3 is 19.4 Å². The maximum absolute atomic E-state index is 13.0. The molecule has 0 bridgehead atoms. The van der Waals surface area contributed by atoms with Gasteiger partial charge in [-0.3, -0.25) is 9.69 Å². The van der Waals surface area contributed by atoms with Crippen molar-refractivity contribution in [2.45, 2.75) is 38.5 Å². The highest BCUT2D eigenvalue weighted by atomic mass is 19.1. The summed E-state index contributed by atoms with van der Waals surface area (Å²) in [5, 5.41) is 0. The van der Waals surface area contributed by atoms with Gasteiger partial charge in [0.2, 0.25) is 5.91 Å². The molecule has 7 nitrogen and oxygen atoms in total. The van der Waals surface area contributed by atoms with E-state index in [4.69, 9.17) is 9.47 Å². The molecule has 0 radical (unpaired) electrons. The molecule has 1 aromatic carbocycles. The van der Waals surface area contributed by atoms with E-state index in [0.29, 0.717) is 18.9 Å². The molecular formula is C21H27FN4O3. The number of imidazole rings is 1. The van der Waals surface area contributed by atoms with E-state index >= 15 is 0 Å². The monoisotopic (exact) mass is 402 g/mol. The van der Waals surface area contributed by atoms with E-state index < -0.39 is 0 Å². The molecule has 2 saturated heterocycles. The van der Waals surface area contributed by atoms with E-state index in [-0.39, 0.29) is 30.5 Å². The van der Waals surface area contributed by atoms with Crippen molar-refractivity contribution in [3.8, 4) is 5.75 Å². The molecule has 1 N–H and O–H groups in total. The highest BCUT2D eigenvalue weighted by molar-refractivity contribution is 5.78. The number of hydrogen-bond donors (Lipinski definition) is 1. The fourth-order valence-corrected chi connectivity index (χ4v) is 4.00. The normalized spacial score (nSPS) is 21.5. The van der Waals surface area contributed by atoms with Crippen LogP contribution < -0.4 is 4.74 Å². The number of aromatic amines is 1. The van der Waals surface area contributed by atoms with E-state index in [0.717, 1.165) is 44.0 Å². The number of hydrogen-bond acceptors (Lipinski definition) is 5. The molecule has 0 unspecified atom stereocenters. The largest absolute Gasteiger partial charge is 0.491 e. The molecule has 3 heterocycles. The second kappa shape index (κ2) is 8.92. The average molecular weight is 402 g/mol. The lowest BCUT2D eigenvalue weighted by atomic mass is 10.0. The van der Waals surface area contributed by atoms with Crippen molar-refractivity contribution in [3.63, 3.8) is 0 Å². The number of H-pyrrole nitrogens is 1. The van der Waals surface area contributed by atoms with Crippen LogP contribution in [0.25, 0.3) is 0 Å². The molecule has 0 aliphatic carbocycles. The van der Waals surface area contributed by atoms with E-state index in [1.54, 1.807) is 12.1 Å². The van der Waals surface area contributed by atoms with Crippen molar-refractivity contribution >= 4 is 5.91 Å². The van der Waals surface area contributed by atoms with Gasteiger partial charge in [0.15, 0.2) is 0 Å². The lowest BCUT2D eigenvalue weighted by Gasteiger charge is -2.42. The Labute approximate surface area is 169 Å². The van der Waals surface area contributed by atoms with Gasteiger partial charge in [-0.25, -0.2) is 9.37 Å². The van der Waals surface area contributed by atoms with Crippen LogP contribution in [0.1, 0.15) is 24.4 Å². The van der Waals surface area contributed by atoms with Crippen molar-refractivity contribution in [2.24, 2.45) is 0 Å². The standard InChI is InChI=1S/C21H27FN4O3/c1-15-23-10-17(24-15)11-25-8-6-18(7-9-25)26-12-20(29-14-21(26)27)13-28-19-4-2-16(22)3-5-19/h2-5,10,18,20H,6-9,11-14H2,1H3,(H,23,24)/t20-/m0/s1. The molecule has 0 spiro atoms. The average Bonchev–Trinajstić information content (AvgIpc) is 3.14. The third-order valence-corrected chi connectivity index (χ3v) is 5.56. The molecule has 29 heavy (non-hydrogen) atoms. The van der Waals surface area contributed by atoms with Crippen LogP contribution in [0.2, 0.25) is 0 Å². The number of ether oxygens (including phenoxy) is 2. The first-order valence-corrected chi connectivity index (χ1v) is 10.1. The summed E-state index contributed by atoms with van der Waals surface area (Å²) in [6, 6.07) is 6.16. The third kappa shape index (κ3) is 5.13. The summed E-state index contributed by atoms with van der Waals surface area (Å²) < 4.78 is 24.4. The molecule has 2 aromatic rings. The molecule has 0 saturated carbocycles. The summed E-state index contributed by atoms with van der Waals surface area (Å²) in [7, 11) is 0. The van der Waals surface area contributed by atoms with Crippen molar-refractivity contribution in [1.29, 1.82) is 0 Å². The van der Waals surface area contributed by atoms with Crippen LogP contribution in [0.4, 0.5) is 4.39 Å². The van der Waals surface area contributed by atoms with Gasteiger partial charge in [0.1, 0.15) is 36.7 Å². The lowest BCUT2D eigenvalue weighted by Crippen LogP contribution is -2.55. The Morgan fingerprint density at radius 3 is 2.72 bits per heavy atom. The van der Waals surface area contributed by atoms with Crippen LogP contribution in [0.5, 0.6) is 5.75 Å². The Morgan fingerprint density at radius 1 is 1.28 bits per heavy atom. The Kier molecular flexibility index (Phi) is 6.10. The topological polar surface area (TPSA) is 70.7 Å². The van der Waals surface area contributed by atoms with Gasteiger partial charge in [-0.05, 0) is 44.0 Å². The second-order valence-corrected chi connectivity index (χ2v) is 7.75. The van der Waals surface area contributed by atoms with Crippen LogP contribution in [0.3, 0.4) is 0 Å². The number of aryl methyl sites for hydroxylation is 1. The minimum absolute atomic E-state index is 0.0469. The predicted octanol–water partition coefficient (Wildman–Crippen LogP) is 2.13. The molecule has 4 rings (SSSR count). The van der Waals surface area contributed by atoms with Crippen molar-refractivity contribution < 1.29 is 18.7 Å². The third-order valence-electron chi connectivity index (χ3n) is 5.56. The summed E-state index contributed by atoms with van der Waals surface area (Å²) in [6.45, 7) is 5.67. The number of nitrogens with zero attached hydrogens (tertiary/aromatic N) is 3. The van der Waals surface area contributed by atoms with Gasteiger partial charge in [0.05, 0.1) is 6.54 Å². The maximum atomic E-state index is 13.0. The molecular weight excluding hydrogens is 375 g/mol. The Balaban J connectivity index is 1.26. The minimum atomic E-state index is -0.294. The fourth-order valence-electron chi connectivity index (χ4n) is 4.00. The van der Waals surface area contributed by atoms with Crippen LogP contribution in [-0.4, -0.2) is 70.7 Å². The van der Waals surface area contributed by atoms with Gasteiger partial charge >= 0.3 is 0 Å². The summed E-state index contributed by atoms with van der Waals surface area (Å²) in [5.41, 5.74) is 1.13. The van der Waals surface area contributed by atoms with Crippen molar-refractivity contribution in [3.05, 3.63) is 47.8 Å². The lowest BCUT2D eigenvalue weighted by molar-refractivity contribution is -0.155. The number of aromatic nitrogens is 2. The number of benzene rings is 1. The van der Waals surface area contributed by atoms with Crippen LogP contribution in [0.15, 0.2) is 30.5 Å². The molecule has 1 amide bonds. The quantitative estimate of drug-likeness (QED) is 0.802. The number of morpholine rings is 1. The Bertz CT molecular complexity index is 818. The number of rotatable bonds is 6. The molecule has 2 aliphatic heterocycles. The number of nitrogens with one attached hydrogen (secondary N) is 1. The van der Waals surface area contributed by atoms with E-state index in [1.807, 2.05) is 18.0 Å². The molecule has 1 aromatic heterocycles. The van der Waals surface area contributed by atoms with Gasteiger partial charge in [-0.1, -0.05) is 0 Å². The number of halogens is 1. The predicted molar refractivity (Wildman–Crippen MR) is 105 cm³/mol. The first-order valence-electron chi connectivity index (χ1n) is 10.1. The Morgan fingerprint density at radius 2 is 2.03 bits per heavy atom. The van der Waals surface area contributed by atoms with E-state index in [2.05, 4.69) is 14.9 Å². The smallest absolute Gasteiger partial charge is 0.248 e. The van der Waals surface area contributed by atoms with Gasteiger partial charge in [0, 0.05) is 37.6 Å². The minimum Gasteiger partial charge on any atom is -0.491 e. The van der Waals surface area contributed by atoms with Gasteiger partial charge in [-0.2, -0.15) is 0 Å². The van der Waals surface area contributed by atoms with Crippen LogP contribution >= 0.6 is 0 Å². The summed E-state index contributed by atoms with van der Waals surface area (Å²) >= 11 is 0. The molecule has 1 atom stereocenters. The molecule has 2 aliphatic rings. The number of piperidine rings is 1. The second-order valence-electron chi connectivity index (χ2n) is 7.75. The van der Waals surface area contributed by atoms with Gasteiger partial charge in [-0.15, -0.1) is 0 Å². The maximum Gasteiger partial charge on any atom is 0.248 e. The molecule has 156 valence electrons. The summed E-state index contributed by atoms with van der Waals surface area (Å²) in [4.78, 5) is 24.3. The fraction of sp³-hybridized carbons (Fsp3) is 0.524. The first-order chi connectivity index (χ1) is 14.1. The zero-order valence-electron chi connectivity index (χ0n) is 16.6. The SMILES string of the molecule is Cc1ncc(CN2CCC(N3C[C@@H](COc4ccc(F)cc4)OCC3=O)CC2)[nH]1. The highest BCUT2D eigenvalue weighted by Crippen LogP contribution is 2.22. The number of carbonyl (C=O) groups excluding carboxylic acids is 1. The number of carbonyl (C=O) groups is 1. The van der Waals surface area contributed by atoms with E-state index in [9.17, 15) is 9.18 Å². The van der Waals surface area contributed by atoms with Crippen LogP contribution in [0, 0.1) is 12.7 Å². The van der Waals surface area contributed by atoms with E-state index in [1.165, 1.54) is 12.1 Å².